The van der Waals surface area contributed by atoms with E-state index in [9.17, 15) is 0 Å². The van der Waals surface area contributed by atoms with Crippen LogP contribution in [-0.2, 0) is 17.7 Å². The minimum atomic E-state index is -1.85. The van der Waals surface area contributed by atoms with E-state index in [4.69, 9.17) is 17.7 Å². The first-order chi connectivity index (χ1) is 6.71. The third kappa shape index (κ3) is 7.85. The van der Waals surface area contributed by atoms with Crippen molar-refractivity contribution in [1.82, 2.24) is 0 Å². The minimum Gasteiger partial charge on any atom is -0.403 e. The lowest BCUT2D eigenvalue weighted by Gasteiger charge is -2.23. The van der Waals surface area contributed by atoms with Gasteiger partial charge in [0.15, 0.2) is 0 Å². The lowest BCUT2D eigenvalue weighted by Crippen LogP contribution is -2.38. The fraction of sp³-hybridized carbons (Fsp3) is 1.00. The second-order valence-electron chi connectivity index (χ2n) is 3.09. The summed E-state index contributed by atoms with van der Waals surface area (Å²) in [6.45, 7) is 8.45. The van der Waals surface area contributed by atoms with E-state index >= 15 is 0 Å². The molecule has 1 aliphatic rings. The smallest absolute Gasteiger partial charge is 0.333 e. The Balaban J connectivity index is 0.000000791. The molecule has 1 saturated heterocycles. The topological polar surface area (TPSA) is 36.9 Å². The van der Waals surface area contributed by atoms with Gasteiger partial charge in [-0.15, -0.1) is 0 Å². The van der Waals surface area contributed by atoms with Crippen molar-refractivity contribution in [2.75, 3.05) is 19.3 Å². The number of hydrogen-bond acceptors (Lipinski definition) is 4. The van der Waals surface area contributed by atoms with Crippen LogP contribution in [0.15, 0.2) is 0 Å². The molecule has 86 valence electrons. The fourth-order valence-corrected chi connectivity index (χ4v) is 5.69. The zero-order valence-corrected chi connectivity index (χ0v) is 13.5. The Labute approximate surface area is 92.4 Å². The molecule has 0 aliphatic carbocycles. The van der Waals surface area contributed by atoms with Crippen LogP contribution in [0, 0.1) is 0 Å². The van der Waals surface area contributed by atoms with E-state index in [1.807, 2.05) is 13.8 Å². The van der Waals surface area contributed by atoms with Crippen molar-refractivity contribution >= 4 is 28.1 Å². The van der Waals surface area contributed by atoms with Gasteiger partial charge in [0.2, 0.25) is 0 Å². The predicted octanol–water partition coefficient (Wildman–Crippen LogP) is -0.165. The van der Waals surface area contributed by atoms with E-state index < -0.39 is 18.6 Å². The van der Waals surface area contributed by atoms with E-state index in [2.05, 4.69) is 13.1 Å². The average molecular weight is 255 g/mol. The first-order valence-corrected chi connectivity index (χ1v) is 11.1. The molecule has 0 aromatic heterocycles. The Bertz CT molecular complexity index is 122. The molecule has 0 amide bonds. The standard InChI is InChI=1S/C5H16O4Si3.C2H6/c1-12(2)8-3-6-11-7-4-10-5-9-12;1-2/h3-5,10-11H2,1-2H3;1-2H3. The number of hydrogen-bond donors (Lipinski definition) is 0. The van der Waals surface area contributed by atoms with Crippen molar-refractivity contribution in [3.8, 4) is 0 Å². The monoisotopic (exact) mass is 254 g/mol. The molecule has 0 spiro atoms. The van der Waals surface area contributed by atoms with E-state index in [1.165, 1.54) is 0 Å². The number of rotatable bonds is 0. The van der Waals surface area contributed by atoms with Crippen LogP contribution >= 0.6 is 0 Å². The van der Waals surface area contributed by atoms with Gasteiger partial charge in [-0.25, -0.2) is 0 Å². The van der Waals surface area contributed by atoms with Gasteiger partial charge in [0, 0.05) is 12.5 Å². The summed E-state index contributed by atoms with van der Waals surface area (Å²) in [7, 11) is -2.80. The van der Waals surface area contributed by atoms with Gasteiger partial charge in [-0.2, -0.15) is 0 Å². The molecule has 0 N–H and O–H groups in total. The Morgan fingerprint density at radius 3 is 2.43 bits per heavy atom. The Kier molecular flexibility index (Phi) is 9.08. The molecule has 0 bridgehead atoms. The molecule has 1 heterocycles. The Hall–Kier alpha value is 0.491. The van der Waals surface area contributed by atoms with Crippen LogP contribution in [0.4, 0.5) is 0 Å². The summed E-state index contributed by atoms with van der Waals surface area (Å²) >= 11 is 0. The maximum absolute atomic E-state index is 5.64. The van der Waals surface area contributed by atoms with Gasteiger partial charge in [-0.05, 0) is 13.1 Å². The largest absolute Gasteiger partial charge is 0.403 e. The van der Waals surface area contributed by atoms with Crippen LogP contribution in [0.25, 0.3) is 0 Å². The van der Waals surface area contributed by atoms with Crippen molar-refractivity contribution in [2.45, 2.75) is 26.9 Å². The van der Waals surface area contributed by atoms with Crippen molar-refractivity contribution in [3.05, 3.63) is 0 Å². The molecule has 0 saturated carbocycles. The van der Waals surface area contributed by atoms with Crippen molar-refractivity contribution in [3.63, 3.8) is 0 Å². The molecule has 0 aromatic carbocycles. The van der Waals surface area contributed by atoms with E-state index in [0.29, 0.717) is 6.79 Å². The first-order valence-electron chi connectivity index (χ1n) is 5.14. The molecular formula is C7H22O4Si3. The van der Waals surface area contributed by atoms with Gasteiger partial charge in [0.05, 0.1) is 9.52 Å². The predicted molar refractivity (Wildman–Crippen MR) is 64.9 cm³/mol. The summed E-state index contributed by atoms with van der Waals surface area (Å²) < 4.78 is 21.6. The zero-order chi connectivity index (χ0) is 10.9. The van der Waals surface area contributed by atoms with Crippen LogP contribution in [0.2, 0.25) is 13.1 Å². The quantitative estimate of drug-likeness (QED) is 0.563. The third-order valence-electron chi connectivity index (χ3n) is 1.54. The first kappa shape index (κ1) is 14.5. The van der Waals surface area contributed by atoms with Crippen LogP contribution in [0.5, 0.6) is 0 Å². The van der Waals surface area contributed by atoms with Gasteiger partial charge in [0.1, 0.15) is 6.79 Å². The van der Waals surface area contributed by atoms with Gasteiger partial charge in [-0.3, -0.25) is 0 Å². The summed E-state index contributed by atoms with van der Waals surface area (Å²) in [5.74, 6) is 0. The Morgan fingerprint density at radius 1 is 1.00 bits per heavy atom. The highest BCUT2D eigenvalue weighted by atomic mass is 28.4. The maximum Gasteiger partial charge on any atom is 0.333 e. The van der Waals surface area contributed by atoms with Gasteiger partial charge < -0.3 is 17.7 Å². The molecule has 1 aliphatic heterocycles. The van der Waals surface area contributed by atoms with Gasteiger partial charge in [-0.1, -0.05) is 13.8 Å². The summed E-state index contributed by atoms with van der Waals surface area (Å²) in [5, 5.41) is 0. The lowest BCUT2D eigenvalue weighted by atomic mass is 11.0. The molecule has 1 rings (SSSR count). The molecular weight excluding hydrogens is 232 g/mol. The fourth-order valence-electron chi connectivity index (χ4n) is 0.856. The zero-order valence-electron chi connectivity index (χ0n) is 9.67. The Morgan fingerprint density at radius 2 is 1.71 bits per heavy atom. The summed E-state index contributed by atoms with van der Waals surface area (Å²) in [6, 6.07) is 0. The van der Waals surface area contributed by atoms with E-state index in [0.717, 1.165) is 12.5 Å². The van der Waals surface area contributed by atoms with Crippen LogP contribution < -0.4 is 0 Å². The van der Waals surface area contributed by atoms with Gasteiger partial charge >= 0.3 is 18.6 Å². The second kappa shape index (κ2) is 8.77. The molecule has 0 radical (unpaired) electrons. The molecule has 7 heteroatoms. The summed E-state index contributed by atoms with van der Waals surface area (Å²) in [4.78, 5) is 0. The lowest BCUT2D eigenvalue weighted by molar-refractivity contribution is 0.0637. The second-order valence-corrected chi connectivity index (χ2v) is 9.05. The molecule has 0 unspecified atom stereocenters. The highest BCUT2D eigenvalue weighted by molar-refractivity contribution is 6.65. The molecule has 0 atom stereocenters. The van der Waals surface area contributed by atoms with Crippen LogP contribution in [0.3, 0.4) is 0 Å². The summed E-state index contributed by atoms with van der Waals surface area (Å²) in [5.41, 5.74) is 0. The maximum atomic E-state index is 5.64. The van der Waals surface area contributed by atoms with E-state index in [1.54, 1.807) is 0 Å². The van der Waals surface area contributed by atoms with Crippen LogP contribution in [0.1, 0.15) is 13.8 Å². The third-order valence-corrected chi connectivity index (χ3v) is 6.10. The molecule has 4 nitrogen and oxygen atoms in total. The van der Waals surface area contributed by atoms with Crippen molar-refractivity contribution in [1.29, 1.82) is 0 Å². The van der Waals surface area contributed by atoms with Gasteiger partial charge in [0.25, 0.3) is 0 Å². The summed E-state index contributed by atoms with van der Waals surface area (Å²) in [6.07, 6.45) is 1.78. The SMILES string of the molecule is CC.C[Si]1(C)OCO[SiH2]OC[SiH2]CO1. The van der Waals surface area contributed by atoms with Crippen molar-refractivity contribution in [2.24, 2.45) is 0 Å². The van der Waals surface area contributed by atoms with Crippen LogP contribution in [-0.4, -0.2) is 47.3 Å². The molecule has 14 heavy (non-hydrogen) atoms. The average Bonchev–Trinajstić information content (AvgIpc) is 2.18. The van der Waals surface area contributed by atoms with E-state index in [-0.39, 0.29) is 9.52 Å². The molecule has 0 aromatic rings. The van der Waals surface area contributed by atoms with Crippen molar-refractivity contribution < 1.29 is 17.7 Å². The minimum absolute atomic E-state index is 0.190. The normalized spacial score (nSPS) is 26.6. The molecule has 1 fully saturated rings. The highest BCUT2D eigenvalue weighted by Gasteiger charge is 2.24. The highest BCUT2D eigenvalue weighted by Crippen LogP contribution is 2.05.